The number of anilines is 1. The van der Waals surface area contributed by atoms with E-state index in [0.29, 0.717) is 24.0 Å². The van der Waals surface area contributed by atoms with Gasteiger partial charge in [0.2, 0.25) is 11.8 Å². The molecule has 1 aliphatic carbocycles. The number of benzene rings is 1. The Morgan fingerprint density at radius 1 is 1.14 bits per heavy atom. The van der Waals surface area contributed by atoms with Gasteiger partial charge in [-0.2, -0.15) is 15.1 Å². The maximum Gasteiger partial charge on any atom is 0.413 e. The Kier molecular flexibility index (Phi) is 5.59. The van der Waals surface area contributed by atoms with Crippen molar-refractivity contribution >= 4 is 23.1 Å². The first-order valence-corrected chi connectivity index (χ1v) is 9.91. The average Bonchev–Trinajstić information content (AvgIpc) is 3.12. The van der Waals surface area contributed by atoms with Gasteiger partial charge in [0.05, 0.1) is 26.5 Å². The number of nitrogens with one attached hydrogen (secondary N) is 1. The van der Waals surface area contributed by atoms with E-state index in [-0.39, 0.29) is 5.95 Å². The first-order chi connectivity index (χ1) is 14.2. The molecule has 0 atom stereocenters. The molecule has 8 heteroatoms. The second-order valence-corrected chi connectivity index (χ2v) is 7.24. The lowest BCUT2D eigenvalue weighted by Crippen LogP contribution is -2.14. The first kappa shape index (κ1) is 19.2. The highest BCUT2D eigenvalue weighted by Crippen LogP contribution is 2.38. The first-order valence-electron chi connectivity index (χ1n) is 9.91. The summed E-state index contributed by atoms with van der Waals surface area (Å²) >= 11 is 0. The lowest BCUT2D eigenvalue weighted by Gasteiger charge is -2.20. The molecular formula is C21H25N5O3. The van der Waals surface area contributed by atoms with E-state index < -0.39 is 6.09 Å². The number of fused-ring (bicyclic) bond motifs is 1. The van der Waals surface area contributed by atoms with Gasteiger partial charge in [0.15, 0.2) is 5.65 Å². The average molecular weight is 395 g/mol. The summed E-state index contributed by atoms with van der Waals surface area (Å²) in [6.45, 7) is 0.571. The van der Waals surface area contributed by atoms with E-state index in [2.05, 4.69) is 32.2 Å². The number of amides is 1. The molecule has 1 fully saturated rings. The third kappa shape index (κ3) is 4.01. The molecule has 1 aliphatic rings. The fourth-order valence-corrected chi connectivity index (χ4v) is 3.94. The fourth-order valence-electron chi connectivity index (χ4n) is 3.94. The minimum absolute atomic E-state index is 0.130. The molecule has 1 saturated carbocycles. The Hall–Kier alpha value is -3.16. The smallest absolute Gasteiger partial charge is 0.413 e. The SMILES string of the molecule is COC(=O)Nc1nc(OC)c2c(C3CCCCC3)nn(Cc3ccccc3)c2n1. The molecule has 0 spiro atoms. The molecule has 152 valence electrons. The van der Waals surface area contributed by atoms with Gasteiger partial charge in [-0.15, -0.1) is 0 Å². The molecular weight excluding hydrogens is 370 g/mol. The minimum Gasteiger partial charge on any atom is -0.480 e. The van der Waals surface area contributed by atoms with Crippen LogP contribution in [0.25, 0.3) is 11.0 Å². The van der Waals surface area contributed by atoms with E-state index in [4.69, 9.17) is 9.84 Å². The monoisotopic (exact) mass is 395 g/mol. The van der Waals surface area contributed by atoms with Gasteiger partial charge < -0.3 is 9.47 Å². The number of aromatic nitrogens is 4. The van der Waals surface area contributed by atoms with Gasteiger partial charge in [0, 0.05) is 5.92 Å². The largest absolute Gasteiger partial charge is 0.480 e. The summed E-state index contributed by atoms with van der Waals surface area (Å²) in [4.78, 5) is 20.6. The summed E-state index contributed by atoms with van der Waals surface area (Å²) < 4.78 is 12.1. The van der Waals surface area contributed by atoms with Crippen molar-refractivity contribution in [3.05, 3.63) is 41.6 Å². The summed E-state index contributed by atoms with van der Waals surface area (Å²) in [6, 6.07) is 10.1. The van der Waals surface area contributed by atoms with Crippen molar-refractivity contribution in [3.8, 4) is 5.88 Å². The van der Waals surface area contributed by atoms with Gasteiger partial charge in [-0.25, -0.2) is 9.48 Å². The van der Waals surface area contributed by atoms with Crippen LogP contribution in [-0.2, 0) is 11.3 Å². The summed E-state index contributed by atoms with van der Waals surface area (Å²) in [5.74, 6) is 0.909. The van der Waals surface area contributed by atoms with Crippen molar-refractivity contribution in [1.29, 1.82) is 0 Å². The third-order valence-electron chi connectivity index (χ3n) is 5.35. The number of hydrogen-bond acceptors (Lipinski definition) is 6. The molecule has 1 aromatic carbocycles. The normalized spacial score (nSPS) is 14.7. The van der Waals surface area contributed by atoms with Crippen LogP contribution < -0.4 is 10.1 Å². The second-order valence-electron chi connectivity index (χ2n) is 7.24. The van der Waals surface area contributed by atoms with E-state index in [9.17, 15) is 4.79 Å². The highest BCUT2D eigenvalue weighted by atomic mass is 16.5. The molecule has 0 radical (unpaired) electrons. The molecule has 3 aromatic rings. The number of methoxy groups -OCH3 is 2. The summed E-state index contributed by atoms with van der Waals surface area (Å²) in [5.41, 5.74) is 2.75. The molecule has 1 N–H and O–H groups in total. The highest BCUT2D eigenvalue weighted by Gasteiger charge is 2.27. The van der Waals surface area contributed by atoms with Crippen LogP contribution in [0.5, 0.6) is 5.88 Å². The van der Waals surface area contributed by atoms with E-state index in [1.54, 1.807) is 7.11 Å². The molecule has 8 nitrogen and oxygen atoms in total. The molecule has 1 amide bonds. The Balaban J connectivity index is 1.84. The standard InChI is InChI=1S/C21H25N5O3/c1-28-19-16-17(15-11-7-4-8-12-15)25-26(13-14-9-5-3-6-10-14)18(16)22-20(23-19)24-21(27)29-2/h3,5-6,9-10,15H,4,7-8,11-13H2,1-2H3,(H,22,23,24,27). The maximum atomic E-state index is 11.7. The number of carbonyl (C=O) groups excluding carboxylic acids is 1. The summed E-state index contributed by atoms with van der Waals surface area (Å²) in [5, 5.41) is 8.31. The molecule has 29 heavy (non-hydrogen) atoms. The van der Waals surface area contributed by atoms with Crippen molar-refractivity contribution in [2.75, 3.05) is 19.5 Å². The highest BCUT2D eigenvalue weighted by molar-refractivity contribution is 5.88. The quantitative estimate of drug-likeness (QED) is 0.699. The molecule has 0 bridgehead atoms. The van der Waals surface area contributed by atoms with Crippen LogP contribution in [0.15, 0.2) is 30.3 Å². The molecule has 2 heterocycles. The minimum atomic E-state index is -0.631. The summed E-state index contributed by atoms with van der Waals surface area (Å²) in [6.07, 6.45) is 5.23. The van der Waals surface area contributed by atoms with Crippen molar-refractivity contribution in [3.63, 3.8) is 0 Å². The van der Waals surface area contributed by atoms with E-state index in [0.717, 1.165) is 29.5 Å². The van der Waals surface area contributed by atoms with E-state index in [1.807, 2.05) is 22.9 Å². The predicted molar refractivity (Wildman–Crippen MR) is 109 cm³/mol. The van der Waals surface area contributed by atoms with Crippen molar-refractivity contribution in [2.24, 2.45) is 0 Å². The maximum absolute atomic E-state index is 11.7. The molecule has 0 unspecified atom stereocenters. The van der Waals surface area contributed by atoms with Gasteiger partial charge >= 0.3 is 6.09 Å². The van der Waals surface area contributed by atoms with Crippen LogP contribution in [0.2, 0.25) is 0 Å². The molecule has 0 aliphatic heterocycles. The number of carbonyl (C=O) groups is 1. The van der Waals surface area contributed by atoms with Gasteiger partial charge in [-0.1, -0.05) is 49.6 Å². The van der Waals surface area contributed by atoms with Gasteiger partial charge in [-0.3, -0.25) is 5.32 Å². The van der Waals surface area contributed by atoms with Crippen LogP contribution in [-0.4, -0.2) is 40.1 Å². The van der Waals surface area contributed by atoms with E-state index >= 15 is 0 Å². The van der Waals surface area contributed by atoms with Crippen molar-refractivity contribution in [1.82, 2.24) is 19.7 Å². The Morgan fingerprint density at radius 3 is 2.59 bits per heavy atom. The molecule has 2 aromatic heterocycles. The Bertz CT molecular complexity index is 996. The van der Waals surface area contributed by atoms with Crippen molar-refractivity contribution in [2.45, 2.75) is 44.6 Å². The lowest BCUT2D eigenvalue weighted by atomic mass is 9.86. The predicted octanol–water partition coefficient (Wildman–Crippen LogP) is 4.11. The van der Waals surface area contributed by atoms with Crippen LogP contribution in [0.4, 0.5) is 10.7 Å². The van der Waals surface area contributed by atoms with Crippen molar-refractivity contribution < 1.29 is 14.3 Å². The Morgan fingerprint density at radius 2 is 1.90 bits per heavy atom. The van der Waals surface area contributed by atoms with Crippen LogP contribution in [0.1, 0.15) is 49.3 Å². The lowest BCUT2D eigenvalue weighted by molar-refractivity contribution is 0.186. The van der Waals surface area contributed by atoms with E-state index in [1.165, 1.54) is 26.4 Å². The van der Waals surface area contributed by atoms with Crippen LogP contribution in [0, 0.1) is 0 Å². The van der Waals surface area contributed by atoms with Gasteiger partial charge in [0.25, 0.3) is 0 Å². The fraction of sp³-hybridized carbons (Fsp3) is 0.429. The molecule has 4 rings (SSSR count). The summed E-state index contributed by atoms with van der Waals surface area (Å²) in [7, 11) is 2.87. The number of ether oxygens (including phenoxy) is 2. The van der Waals surface area contributed by atoms with Gasteiger partial charge in [-0.05, 0) is 18.4 Å². The zero-order valence-corrected chi connectivity index (χ0v) is 16.7. The number of rotatable bonds is 5. The Labute approximate surface area is 169 Å². The second kappa shape index (κ2) is 8.46. The third-order valence-corrected chi connectivity index (χ3v) is 5.35. The van der Waals surface area contributed by atoms with Gasteiger partial charge in [0.1, 0.15) is 5.39 Å². The zero-order valence-electron chi connectivity index (χ0n) is 16.7. The zero-order chi connectivity index (χ0) is 20.2. The number of nitrogens with zero attached hydrogens (tertiary/aromatic N) is 4. The topological polar surface area (TPSA) is 91.2 Å². The van der Waals surface area contributed by atoms with Crippen LogP contribution >= 0.6 is 0 Å². The number of hydrogen-bond donors (Lipinski definition) is 1. The molecule has 0 saturated heterocycles. The van der Waals surface area contributed by atoms with Crippen LogP contribution in [0.3, 0.4) is 0 Å².